The Morgan fingerprint density at radius 3 is 2.04 bits per heavy atom. The SMILES string of the molecule is Cc1c(Cl)cccc1NC(=O)C(Sc1ccc(NC(=O)/C(=C/c2ccc(N(C)C)cc2)NC(=O)c2ccccc2)cc1)c1ccccc1. The number of benzene rings is 5. The highest BCUT2D eigenvalue weighted by Crippen LogP contribution is 2.37. The first kappa shape index (κ1) is 34.0. The number of amides is 3. The molecule has 5 aromatic rings. The van der Waals surface area contributed by atoms with E-state index in [4.69, 9.17) is 11.6 Å². The van der Waals surface area contributed by atoms with Gasteiger partial charge in [-0.05, 0) is 90.4 Å². The summed E-state index contributed by atoms with van der Waals surface area (Å²) in [6.45, 7) is 1.87. The van der Waals surface area contributed by atoms with Gasteiger partial charge < -0.3 is 20.9 Å². The van der Waals surface area contributed by atoms with E-state index in [9.17, 15) is 14.4 Å². The lowest BCUT2D eigenvalue weighted by atomic mass is 10.1. The molecule has 48 heavy (non-hydrogen) atoms. The Labute approximate surface area is 290 Å². The Balaban J connectivity index is 1.34. The molecular formula is C39H35ClN4O3S. The number of anilines is 3. The lowest BCUT2D eigenvalue weighted by molar-refractivity contribution is -0.116. The van der Waals surface area contributed by atoms with Gasteiger partial charge >= 0.3 is 0 Å². The third-order valence-electron chi connectivity index (χ3n) is 7.48. The Morgan fingerprint density at radius 1 is 0.750 bits per heavy atom. The van der Waals surface area contributed by atoms with Crippen molar-refractivity contribution in [1.82, 2.24) is 5.32 Å². The molecule has 0 aliphatic carbocycles. The zero-order chi connectivity index (χ0) is 34.0. The number of hydrogen-bond donors (Lipinski definition) is 3. The molecule has 0 heterocycles. The molecule has 5 rings (SSSR count). The molecule has 9 heteroatoms. The molecule has 0 fully saturated rings. The van der Waals surface area contributed by atoms with E-state index in [1.165, 1.54) is 11.8 Å². The van der Waals surface area contributed by atoms with Gasteiger partial charge in [-0.1, -0.05) is 78.3 Å². The van der Waals surface area contributed by atoms with Crippen molar-refractivity contribution >= 4 is 64.2 Å². The van der Waals surface area contributed by atoms with Crippen LogP contribution in [-0.2, 0) is 9.59 Å². The smallest absolute Gasteiger partial charge is 0.272 e. The van der Waals surface area contributed by atoms with Crippen LogP contribution in [0.3, 0.4) is 0 Å². The number of nitrogens with one attached hydrogen (secondary N) is 3. The zero-order valence-corrected chi connectivity index (χ0v) is 28.3. The van der Waals surface area contributed by atoms with Crippen molar-refractivity contribution in [3.05, 3.63) is 160 Å². The molecule has 1 atom stereocenters. The first-order valence-corrected chi connectivity index (χ1v) is 16.5. The van der Waals surface area contributed by atoms with Crippen LogP contribution >= 0.6 is 23.4 Å². The first-order valence-electron chi connectivity index (χ1n) is 15.2. The van der Waals surface area contributed by atoms with Crippen molar-refractivity contribution in [1.29, 1.82) is 0 Å². The maximum absolute atomic E-state index is 13.6. The second-order valence-corrected chi connectivity index (χ2v) is 12.7. The number of carbonyl (C=O) groups excluding carboxylic acids is 3. The standard InChI is InChI=1S/C39H35ClN4O3S/c1-26-33(40)15-10-16-34(26)42-39(47)36(28-11-6-4-7-12-28)48-32-23-19-30(20-24-32)41-38(46)35(43-37(45)29-13-8-5-9-14-29)25-27-17-21-31(22-18-27)44(2)3/h4-25,36H,1-3H3,(H,41,46)(H,42,47)(H,43,45)/b35-25-. The number of rotatable bonds is 11. The highest BCUT2D eigenvalue weighted by Gasteiger charge is 2.23. The van der Waals surface area contributed by atoms with E-state index in [0.717, 1.165) is 27.3 Å². The van der Waals surface area contributed by atoms with Gasteiger partial charge in [0.25, 0.3) is 11.8 Å². The zero-order valence-electron chi connectivity index (χ0n) is 26.7. The number of hydrogen-bond acceptors (Lipinski definition) is 5. The van der Waals surface area contributed by atoms with Gasteiger partial charge in [-0.2, -0.15) is 0 Å². The Morgan fingerprint density at radius 2 is 1.40 bits per heavy atom. The third-order valence-corrected chi connectivity index (χ3v) is 9.16. The molecule has 0 bridgehead atoms. The molecule has 0 aliphatic rings. The quantitative estimate of drug-likeness (QED) is 0.0965. The van der Waals surface area contributed by atoms with Crippen molar-refractivity contribution in [3.63, 3.8) is 0 Å². The molecule has 0 radical (unpaired) electrons. The largest absolute Gasteiger partial charge is 0.378 e. The van der Waals surface area contributed by atoms with Gasteiger partial charge in [-0.15, -0.1) is 11.8 Å². The van der Waals surface area contributed by atoms with Crippen LogP contribution in [0.4, 0.5) is 17.1 Å². The van der Waals surface area contributed by atoms with Gasteiger partial charge in [0.05, 0.1) is 0 Å². The average Bonchev–Trinajstić information content (AvgIpc) is 3.10. The van der Waals surface area contributed by atoms with Gasteiger partial charge in [0.15, 0.2) is 0 Å². The molecule has 3 amide bonds. The fourth-order valence-corrected chi connectivity index (χ4v) is 5.97. The van der Waals surface area contributed by atoms with Crippen LogP contribution in [0.1, 0.15) is 32.3 Å². The van der Waals surface area contributed by atoms with Crippen LogP contribution in [0.5, 0.6) is 0 Å². The van der Waals surface area contributed by atoms with Crippen LogP contribution in [0.2, 0.25) is 5.02 Å². The summed E-state index contributed by atoms with van der Waals surface area (Å²) in [6.07, 6.45) is 1.64. The average molecular weight is 675 g/mol. The minimum absolute atomic E-state index is 0.0945. The van der Waals surface area contributed by atoms with Crippen molar-refractivity contribution in [2.45, 2.75) is 17.1 Å². The predicted molar refractivity (Wildman–Crippen MR) is 198 cm³/mol. The molecule has 3 N–H and O–H groups in total. The molecule has 0 aromatic heterocycles. The Hall–Kier alpha value is -5.31. The second kappa shape index (κ2) is 16.0. The molecule has 0 spiro atoms. The number of halogens is 1. The summed E-state index contributed by atoms with van der Waals surface area (Å²) in [5.41, 5.74) is 5.12. The fraction of sp³-hybridized carbons (Fsp3) is 0.103. The summed E-state index contributed by atoms with van der Waals surface area (Å²) in [7, 11) is 3.90. The van der Waals surface area contributed by atoms with Gasteiger partial charge in [0.1, 0.15) is 10.9 Å². The van der Waals surface area contributed by atoms with Crippen LogP contribution in [0.25, 0.3) is 6.08 Å². The van der Waals surface area contributed by atoms with Gasteiger partial charge in [-0.3, -0.25) is 14.4 Å². The normalized spacial score (nSPS) is 11.7. The second-order valence-electron chi connectivity index (χ2n) is 11.2. The van der Waals surface area contributed by atoms with E-state index in [1.807, 2.05) is 105 Å². The molecule has 7 nitrogen and oxygen atoms in total. The van der Waals surface area contributed by atoms with Crippen molar-refractivity contribution in [2.75, 3.05) is 29.6 Å². The number of carbonyl (C=O) groups is 3. The molecule has 0 aliphatic heterocycles. The van der Waals surface area contributed by atoms with Crippen LogP contribution in [0.15, 0.2) is 138 Å². The van der Waals surface area contributed by atoms with Gasteiger partial charge in [0, 0.05) is 46.6 Å². The van der Waals surface area contributed by atoms with E-state index in [1.54, 1.807) is 54.6 Å². The van der Waals surface area contributed by atoms with Crippen LogP contribution < -0.4 is 20.9 Å². The first-order chi connectivity index (χ1) is 23.2. The Kier molecular flexibility index (Phi) is 11.3. The molecule has 0 saturated heterocycles. The van der Waals surface area contributed by atoms with E-state index >= 15 is 0 Å². The van der Waals surface area contributed by atoms with Gasteiger partial charge in [-0.25, -0.2) is 0 Å². The van der Waals surface area contributed by atoms with Crippen molar-refractivity contribution in [3.8, 4) is 0 Å². The molecule has 0 saturated carbocycles. The maximum Gasteiger partial charge on any atom is 0.272 e. The molecule has 5 aromatic carbocycles. The summed E-state index contributed by atoms with van der Waals surface area (Å²) >= 11 is 7.69. The molecular weight excluding hydrogens is 640 g/mol. The molecule has 1 unspecified atom stereocenters. The van der Waals surface area contributed by atoms with Crippen LogP contribution in [0, 0.1) is 6.92 Å². The van der Waals surface area contributed by atoms with Crippen molar-refractivity contribution in [2.24, 2.45) is 0 Å². The topological polar surface area (TPSA) is 90.5 Å². The maximum atomic E-state index is 13.6. The molecule has 242 valence electrons. The summed E-state index contributed by atoms with van der Waals surface area (Å²) in [5.74, 6) is -1.06. The summed E-state index contributed by atoms with van der Waals surface area (Å²) < 4.78 is 0. The predicted octanol–water partition coefficient (Wildman–Crippen LogP) is 8.60. The van der Waals surface area contributed by atoms with E-state index < -0.39 is 17.1 Å². The van der Waals surface area contributed by atoms with Crippen molar-refractivity contribution < 1.29 is 14.4 Å². The minimum atomic E-state index is -0.549. The minimum Gasteiger partial charge on any atom is -0.378 e. The Bertz CT molecular complexity index is 1910. The van der Waals surface area contributed by atoms with E-state index in [2.05, 4.69) is 16.0 Å². The highest BCUT2D eigenvalue weighted by molar-refractivity contribution is 8.00. The summed E-state index contributed by atoms with van der Waals surface area (Å²) in [4.78, 5) is 43.0. The fourth-order valence-electron chi connectivity index (χ4n) is 4.77. The third kappa shape index (κ3) is 8.94. The summed E-state index contributed by atoms with van der Waals surface area (Å²) in [5, 5.41) is 8.73. The number of thioether (sulfide) groups is 1. The van der Waals surface area contributed by atoms with Gasteiger partial charge in [0.2, 0.25) is 5.91 Å². The van der Waals surface area contributed by atoms with E-state index in [-0.39, 0.29) is 11.6 Å². The van der Waals surface area contributed by atoms with E-state index in [0.29, 0.717) is 22.0 Å². The lowest BCUT2D eigenvalue weighted by Gasteiger charge is -2.18. The number of nitrogens with zero attached hydrogens (tertiary/aromatic N) is 1. The lowest BCUT2D eigenvalue weighted by Crippen LogP contribution is -2.30. The monoisotopic (exact) mass is 674 g/mol. The highest BCUT2D eigenvalue weighted by atomic mass is 35.5. The summed E-state index contributed by atoms with van der Waals surface area (Å²) in [6, 6.07) is 38.6. The van der Waals surface area contributed by atoms with Crippen LogP contribution in [-0.4, -0.2) is 31.8 Å².